The smallest absolute Gasteiger partial charge is 0.313 e. The maximum absolute atomic E-state index is 13.3. The van der Waals surface area contributed by atoms with Crippen molar-refractivity contribution in [3.8, 4) is 0 Å². The van der Waals surface area contributed by atoms with Gasteiger partial charge in [0, 0.05) is 19.6 Å². The quantitative estimate of drug-likeness (QED) is 0.586. The van der Waals surface area contributed by atoms with E-state index in [4.69, 9.17) is 10.5 Å². The Balaban J connectivity index is 1.60. The van der Waals surface area contributed by atoms with Gasteiger partial charge in [-0.25, -0.2) is 9.97 Å². The molecule has 0 unspecified atom stereocenters. The molecule has 1 aliphatic heterocycles. The van der Waals surface area contributed by atoms with Crippen molar-refractivity contribution in [1.82, 2.24) is 14.9 Å². The molecule has 0 saturated carbocycles. The molecule has 0 radical (unpaired) electrons. The maximum atomic E-state index is 13.3. The molecule has 3 heterocycles. The van der Waals surface area contributed by atoms with Gasteiger partial charge in [-0.2, -0.15) is 0 Å². The fourth-order valence-electron chi connectivity index (χ4n) is 4.27. The van der Waals surface area contributed by atoms with Crippen LogP contribution in [0.25, 0.3) is 10.2 Å². The number of rotatable bonds is 4. The zero-order chi connectivity index (χ0) is 22.8. The molecule has 0 spiro atoms. The van der Waals surface area contributed by atoms with Crippen molar-refractivity contribution in [2.24, 2.45) is 5.92 Å². The zero-order valence-corrected chi connectivity index (χ0v) is 19.2. The number of fused-ring (bicyclic) bond motifs is 1. The number of nitrogens with one attached hydrogen (secondary N) is 1. The third-order valence-electron chi connectivity index (χ3n) is 6.09. The van der Waals surface area contributed by atoms with E-state index in [1.54, 1.807) is 34.9 Å². The number of carbonyl (C=O) groups is 2. The van der Waals surface area contributed by atoms with Crippen molar-refractivity contribution < 1.29 is 14.3 Å². The molecule has 8 nitrogen and oxygen atoms in total. The monoisotopic (exact) mass is 453 g/mol. The lowest BCUT2D eigenvalue weighted by molar-refractivity contribution is -0.149. The minimum atomic E-state index is -0.693. The molecule has 32 heavy (non-hydrogen) atoms. The van der Waals surface area contributed by atoms with Crippen molar-refractivity contribution in [3.05, 3.63) is 47.1 Å². The summed E-state index contributed by atoms with van der Waals surface area (Å²) in [5, 5.41) is 2.69. The third kappa shape index (κ3) is 4.31. The van der Waals surface area contributed by atoms with Gasteiger partial charge in [-0.05, 0) is 42.2 Å². The van der Waals surface area contributed by atoms with Crippen molar-refractivity contribution >= 4 is 44.9 Å². The number of piperidine rings is 1. The van der Waals surface area contributed by atoms with Crippen LogP contribution in [0.1, 0.15) is 37.4 Å². The molecule has 3 N–H and O–H groups in total. The van der Waals surface area contributed by atoms with E-state index in [2.05, 4.69) is 15.3 Å². The summed E-state index contributed by atoms with van der Waals surface area (Å²) in [6, 6.07) is 7.48. The molecule has 9 heteroatoms. The highest BCUT2D eigenvalue weighted by molar-refractivity contribution is 7.16. The van der Waals surface area contributed by atoms with Gasteiger partial charge in [0.1, 0.15) is 5.82 Å². The fourth-order valence-corrected chi connectivity index (χ4v) is 4.93. The number of anilines is 2. The summed E-state index contributed by atoms with van der Waals surface area (Å²) in [4.78, 5) is 36.3. The second-order valence-corrected chi connectivity index (χ2v) is 9.00. The Morgan fingerprint density at radius 3 is 2.88 bits per heavy atom. The molecule has 3 aromatic rings. The standard InChI is InChI=1S/C23H27N5O3S/c1-4-14-7-16(10-25-21(14)24)27-22(29)23(30)28-11-13(2)19(31-3)9-18(28)15-5-6-20-17(8-15)26-12-32-20/h5-8,10,12-13,18-19H,4,9,11H2,1-3H3,(H2,24,25)(H,27,29)/t13-,18-,19+/m1/s1. The van der Waals surface area contributed by atoms with Gasteiger partial charge in [0.15, 0.2) is 0 Å². The lowest BCUT2D eigenvalue weighted by atomic mass is 9.87. The first-order valence-corrected chi connectivity index (χ1v) is 11.5. The van der Waals surface area contributed by atoms with Crippen molar-refractivity contribution in [2.45, 2.75) is 38.8 Å². The molecule has 0 aliphatic carbocycles. The van der Waals surface area contributed by atoms with Gasteiger partial charge in [0.05, 0.1) is 39.8 Å². The Morgan fingerprint density at radius 1 is 1.31 bits per heavy atom. The third-order valence-corrected chi connectivity index (χ3v) is 6.90. The zero-order valence-electron chi connectivity index (χ0n) is 18.4. The molecule has 1 saturated heterocycles. The molecule has 2 aromatic heterocycles. The first-order valence-electron chi connectivity index (χ1n) is 10.6. The lowest BCUT2D eigenvalue weighted by Gasteiger charge is -2.42. The van der Waals surface area contributed by atoms with Crippen molar-refractivity contribution in [3.63, 3.8) is 0 Å². The van der Waals surface area contributed by atoms with Crippen molar-refractivity contribution in [2.75, 3.05) is 24.7 Å². The van der Waals surface area contributed by atoms with Crippen LogP contribution in [0.4, 0.5) is 11.5 Å². The summed E-state index contributed by atoms with van der Waals surface area (Å²) in [6.07, 6.45) is 2.74. The molecule has 4 rings (SSSR count). The van der Waals surface area contributed by atoms with E-state index in [-0.39, 0.29) is 18.1 Å². The van der Waals surface area contributed by atoms with Crippen LogP contribution in [0.15, 0.2) is 36.0 Å². The average molecular weight is 454 g/mol. The van der Waals surface area contributed by atoms with Crippen molar-refractivity contribution in [1.29, 1.82) is 0 Å². The van der Waals surface area contributed by atoms with E-state index in [1.807, 2.05) is 32.0 Å². The Labute approximate surface area is 190 Å². The summed E-state index contributed by atoms with van der Waals surface area (Å²) in [5.41, 5.74) is 10.8. The van der Waals surface area contributed by atoms with E-state index in [0.29, 0.717) is 30.9 Å². The molecular weight excluding hydrogens is 426 g/mol. The normalized spacial score (nSPS) is 21.0. The summed E-state index contributed by atoms with van der Waals surface area (Å²) in [5.74, 6) is -0.753. The second-order valence-electron chi connectivity index (χ2n) is 8.12. The fraction of sp³-hybridized carbons (Fsp3) is 0.391. The van der Waals surface area contributed by atoms with Crippen LogP contribution in [-0.2, 0) is 20.7 Å². The predicted molar refractivity (Wildman–Crippen MR) is 125 cm³/mol. The largest absolute Gasteiger partial charge is 0.383 e. The first-order chi connectivity index (χ1) is 15.4. The van der Waals surface area contributed by atoms with Gasteiger partial charge < -0.3 is 20.7 Å². The van der Waals surface area contributed by atoms with Gasteiger partial charge >= 0.3 is 11.8 Å². The van der Waals surface area contributed by atoms with Crippen LogP contribution in [0.3, 0.4) is 0 Å². The van der Waals surface area contributed by atoms with E-state index >= 15 is 0 Å². The number of aryl methyl sites for hydroxylation is 1. The summed E-state index contributed by atoms with van der Waals surface area (Å²) >= 11 is 1.57. The molecule has 1 aliphatic rings. The molecular formula is C23H27N5O3S. The number of pyridine rings is 1. The predicted octanol–water partition coefficient (Wildman–Crippen LogP) is 3.40. The van der Waals surface area contributed by atoms with Crippen LogP contribution in [0.2, 0.25) is 0 Å². The van der Waals surface area contributed by atoms with Crippen LogP contribution < -0.4 is 11.1 Å². The van der Waals surface area contributed by atoms with Gasteiger partial charge in [0.2, 0.25) is 0 Å². The number of carbonyl (C=O) groups excluding carboxylic acids is 2. The van der Waals surface area contributed by atoms with Crippen LogP contribution in [0.5, 0.6) is 0 Å². The second kappa shape index (κ2) is 9.22. The molecule has 2 amide bonds. The van der Waals surface area contributed by atoms with Crippen LogP contribution in [0, 0.1) is 5.92 Å². The number of aromatic nitrogens is 2. The number of hydrogen-bond acceptors (Lipinski definition) is 7. The topological polar surface area (TPSA) is 110 Å². The highest BCUT2D eigenvalue weighted by Crippen LogP contribution is 2.36. The lowest BCUT2D eigenvalue weighted by Crippen LogP contribution is -2.50. The van der Waals surface area contributed by atoms with Gasteiger partial charge in [-0.3, -0.25) is 9.59 Å². The van der Waals surface area contributed by atoms with E-state index in [1.165, 1.54) is 6.20 Å². The SMILES string of the molecule is CCc1cc(NC(=O)C(=O)N2C[C@@H](C)[C@@H](OC)C[C@@H]2c2ccc3scnc3c2)cnc1N. The summed E-state index contributed by atoms with van der Waals surface area (Å²) < 4.78 is 6.76. The molecule has 1 fully saturated rings. The number of ether oxygens (including phenoxy) is 1. The number of methoxy groups -OCH3 is 1. The minimum Gasteiger partial charge on any atom is -0.383 e. The minimum absolute atomic E-state index is 0.00773. The van der Waals surface area contributed by atoms with E-state index < -0.39 is 11.8 Å². The number of amides is 2. The number of thiazole rings is 1. The van der Waals surface area contributed by atoms with Gasteiger partial charge in [0.25, 0.3) is 0 Å². The molecule has 0 bridgehead atoms. The number of hydrogen-bond donors (Lipinski definition) is 2. The number of likely N-dealkylation sites (tertiary alicyclic amines) is 1. The Morgan fingerprint density at radius 2 is 2.12 bits per heavy atom. The van der Waals surface area contributed by atoms with Gasteiger partial charge in [-0.15, -0.1) is 11.3 Å². The maximum Gasteiger partial charge on any atom is 0.313 e. The first kappa shape index (κ1) is 22.2. The van der Waals surface area contributed by atoms with Crippen LogP contribution >= 0.6 is 11.3 Å². The van der Waals surface area contributed by atoms with Crippen LogP contribution in [-0.4, -0.2) is 46.4 Å². The Bertz CT molecular complexity index is 1150. The number of nitrogens with zero attached hydrogens (tertiary/aromatic N) is 3. The number of nitrogen functional groups attached to an aromatic ring is 1. The Kier molecular flexibility index (Phi) is 6.38. The molecule has 3 atom stereocenters. The van der Waals surface area contributed by atoms with E-state index in [9.17, 15) is 9.59 Å². The molecule has 168 valence electrons. The average Bonchev–Trinajstić information content (AvgIpc) is 3.27. The van der Waals surface area contributed by atoms with E-state index in [0.717, 1.165) is 21.3 Å². The summed E-state index contributed by atoms with van der Waals surface area (Å²) in [7, 11) is 1.69. The Hall–Kier alpha value is -3.04. The summed E-state index contributed by atoms with van der Waals surface area (Å²) in [6.45, 7) is 4.41. The van der Waals surface area contributed by atoms with Gasteiger partial charge in [-0.1, -0.05) is 19.9 Å². The molecule has 1 aromatic carbocycles. The number of nitrogens with two attached hydrogens (primary N) is 1. The highest BCUT2D eigenvalue weighted by atomic mass is 32.1. The number of benzene rings is 1. The highest BCUT2D eigenvalue weighted by Gasteiger charge is 2.39.